The van der Waals surface area contributed by atoms with E-state index in [2.05, 4.69) is 0 Å². The van der Waals surface area contributed by atoms with Crippen LogP contribution < -0.4 is 4.74 Å². The van der Waals surface area contributed by atoms with Gasteiger partial charge in [-0.2, -0.15) is 0 Å². The quantitative estimate of drug-likeness (QED) is 0.899. The van der Waals surface area contributed by atoms with Crippen molar-refractivity contribution in [1.82, 2.24) is 0 Å². The molecule has 0 unspecified atom stereocenters. The third-order valence-electron chi connectivity index (χ3n) is 2.31. The lowest BCUT2D eigenvalue weighted by Crippen LogP contribution is -1.96. The first kappa shape index (κ1) is 13.6. The number of hydrogen-bond acceptors (Lipinski definition) is 2. The molecule has 2 aromatic carbocycles. The summed E-state index contributed by atoms with van der Waals surface area (Å²) in [5.41, 5.74) is 0.0175. The van der Waals surface area contributed by atoms with Gasteiger partial charge in [0.25, 0.3) is 0 Å². The number of benzene rings is 2. The molecule has 0 amide bonds. The molecule has 0 aromatic heterocycles. The topological polar surface area (TPSA) is 46.5 Å². The molecular formula is C13H7Cl2FO3. The molecule has 19 heavy (non-hydrogen) atoms. The second kappa shape index (κ2) is 5.47. The first-order valence-corrected chi connectivity index (χ1v) is 5.89. The van der Waals surface area contributed by atoms with E-state index in [0.717, 1.165) is 0 Å². The Morgan fingerprint density at radius 2 is 1.84 bits per heavy atom. The lowest BCUT2D eigenvalue weighted by Gasteiger charge is -2.09. The smallest absolute Gasteiger partial charge is 0.335 e. The molecule has 6 heteroatoms. The normalized spacial score (nSPS) is 10.3. The molecule has 0 fully saturated rings. The molecule has 0 heterocycles. The van der Waals surface area contributed by atoms with Crippen molar-refractivity contribution in [2.24, 2.45) is 0 Å². The van der Waals surface area contributed by atoms with E-state index in [1.165, 1.54) is 36.4 Å². The maximum Gasteiger partial charge on any atom is 0.335 e. The van der Waals surface area contributed by atoms with Crippen LogP contribution in [0, 0.1) is 5.82 Å². The number of hydrogen-bond donors (Lipinski definition) is 1. The van der Waals surface area contributed by atoms with E-state index in [-0.39, 0.29) is 27.1 Å². The number of halogens is 3. The molecule has 2 aromatic rings. The minimum atomic E-state index is -1.11. The second-order valence-electron chi connectivity index (χ2n) is 3.60. The standard InChI is InChI=1S/C13H7Cl2FO3/c14-8-2-1-3-11(12(8)16)19-10-5-4-7(13(17)18)6-9(10)15/h1-6H,(H,17,18). The van der Waals surface area contributed by atoms with Crippen molar-refractivity contribution in [3.63, 3.8) is 0 Å². The van der Waals surface area contributed by atoms with Crippen LogP contribution in [-0.4, -0.2) is 11.1 Å². The maximum atomic E-state index is 13.6. The maximum absolute atomic E-state index is 13.6. The minimum Gasteiger partial charge on any atom is -0.478 e. The van der Waals surface area contributed by atoms with E-state index < -0.39 is 11.8 Å². The van der Waals surface area contributed by atoms with Crippen molar-refractivity contribution < 1.29 is 19.0 Å². The Balaban J connectivity index is 2.34. The Morgan fingerprint density at radius 3 is 2.47 bits per heavy atom. The lowest BCUT2D eigenvalue weighted by molar-refractivity contribution is 0.0697. The van der Waals surface area contributed by atoms with Crippen LogP contribution in [0.5, 0.6) is 11.5 Å². The highest BCUT2D eigenvalue weighted by Gasteiger charge is 2.12. The Morgan fingerprint density at radius 1 is 1.11 bits per heavy atom. The summed E-state index contributed by atoms with van der Waals surface area (Å²) in [5, 5.41) is 8.79. The van der Waals surface area contributed by atoms with Crippen LogP contribution in [0.2, 0.25) is 10.0 Å². The molecular weight excluding hydrogens is 294 g/mol. The fourth-order valence-electron chi connectivity index (χ4n) is 1.40. The van der Waals surface area contributed by atoms with E-state index in [9.17, 15) is 9.18 Å². The highest BCUT2D eigenvalue weighted by Crippen LogP contribution is 2.33. The van der Waals surface area contributed by atoms with Gasteiger partial charge in [-0.1, -0.05) is 29.3 Å². The molecule has 2 rings (SSSR count). The van der Waals surface area contributed by atoms with E-state index in [4.69, 9.17) is 33.0 Å². The highest BCUT2D eigenvalue weighted by molar-refractivity contribution is 6.32. The van der Waals surface area contributed by atoms with Gasteiger partial charge in [-0.3, -0.25) is 0 Å². The number of aromatic carboxylic acids is 1. The summed E-state index contributed by atoms with van der Waals surface area (Å²) in [7, 11) is 0. The average molecular weight is 301 g/mol. The summed E-state index contributed by atoms with van der Waals surface area (Å²) in [6.45, 7) is 0. The predicted molar refractivity (Wildman–Crippen MR) is 69.9 cm³/mol. The van der Waals surface area contributed by atoms with Crippen LogP contribution in [-0.2, 0) is 0 Å². The van der Waals surface area contributed by atoms with E-state index in [1.807, 2.05) is 0 Å². The molecule has 0 aliphatic rings. The molecule has 0 saturated heterocycles. The number of carboxylic acid groups (broad SMARTS) is 1. The number of carboxylic acids is 1. The van der Waals surface area contributed by atoms with Gasteiger partial charge in [0.1, 0.15) is 5.75 Å². The Labute approximate surface area is 118 Å². The molecule has 1 N–H and O–H groups in total. The van der Waals surface area contributed by atoms with Gasteiger partial charge in [0.05, 0.1) is 15.6 Å². The fraction of sp³-hybridized carbons (Fsp3) is 0. The minimum absolute atomic E-state index is 0.0175. The Kier molecular flexibility index (Phi) is 3.93. The molecule has 3 nitrogen and oxygen atoms in total. The average Bonchev–Trinajstić information content (AvgIpc) is 2.37. The molecule has 0 radical (unpaired) electrons. The molecule has 0 atom stereocenters. The Hall–Kier alpha value is -1.78. The van der Waals surface area contributed by atoms with Gasteiger partial charge in [0, 0.05) is 0 Å². The van der Waals surface area contributed by atoms with Crippen LogP contribution in [0.25, 0.3) is 0 Å². The summed E-state index contributed by atoms with van der Waals surface area (Å²) >= 11 is 11.5. The molecule has 0 aliphatic heterocycles. The van der Waals surface area contributed by atoms with Crippen molar-refractivity contribution >= 4 is 29.2 Å². The van der Waals surface area contributed by atoms with E-state index >= 15 is 0 Å². The largest absolute Gasteiger partial charge is 0.478 e. The van der Waals surface area contributed by atoms with Gasteiger partial charge in [-0.05, 0) is 30.3 Å². The second-order valence-corrected chi connectivity index (χ2v) is 4.42. The van der Waals surface area contributed by atoms with Crippen LogP contribution in [0.3, 0.4) is 0 Å². The van der Waals surface area contributed by atoms with Crippen LogP contribution >= 0.6 is 23.2 Å². The lowest BCUT2D eigenvalue weighted by atomic mass is 10.2. The molecule has 0 spiro atoms. The van der Waals surface area contributed by atoms with Crippen LogP contribution in [0.1, 0.15) is 10.4 Å². The first-order chi connectivity index (χ1) is 8.99. The summed E-state index contributed by atoms with van der Waals surface area (Å²) in [4.78, 5) is 10.7. The molecule has 0 bridgehead atoms. The molecule has 0 aliphatic carbocycles. The number of ether oxygens (including phenoxy) is 1. The van der Waals surface area contributed by atoms with Crippen molar-refractivity contribution in [2.45, 2.75) is 0 Å². The third-order valence-corrected chi connectivity index (χ3v) is 2.90. The van der Waals surface area contributed by atoms with Crippen molar-refractivity contribution in [3.05, 3.63) is 57.8 Å². The third kappa shape index (κ3) is 2.97. The fourth-order valence-corrected chi connectivity index (χ4v) is 1.78. The zero-order valence-electron chi connectivity index (χ0n) is 9.36. The van der Waals surface area contributed by atoms with Crippen molar-refractivity contribution in [1.29, 1.82) is 0 Å². The Bertz CT molecular complexity index is 644. The first-order valence-electron chi connectivity index (χ1n) is 5.13. The summed E-state index contributed by atoms with van der Waals surface area (Å²) in [5.74, 6) is -1.75. The van der Waals surface area contributed by atoms with Gasteiger partial charge in [0.2, 0.25) is 0 Å². The summed E-state index contributed by atoms with van der Waals surface area (Å²) in [6.07, 6.45) is 0. The summed E-state index contributed by atoms with van der Waals surface area (Å²) in [6, 6.07) is 8.20. The molecule has 98 valence electrons. The van der Waals surface area contributed by atoms with Gasteiger partial charge in [-0.15, -0.1) is 0 Å². The van der Waals surface area contributed by atoms with Gasteiger partial charge >= 0.3 is 5.97 Å². The highest BCUT2D eigenvalue weighted by atomic mass is 35.5. The van der Waals surface area contributed by atoms with Gasteiger partial charge in [-0.25, -0.2) is 9.18 Å². The van der Waals surface area contributed by atoms with Crippen LogP contribution in [0.15, 0.2) is 36.4 Å². The zero-order chi connectivity index (χ0) is 14.0. The van der Waals surface area contributed by atoms with Gasteiger partial charge in [0.15, 0.2) is 11.6 Å². The monoisotopic (exact) mass is 300 g/mol. The zero-order valence-corrected chi connectivity index (χ0v) is 10.9. The van der Waals surface area contributed by atoms with Crippen LogP contribution in [0.4, 0.5) is 4.39 Å². The SMILES string of the molecule is O=C(O)c1ccc(Oc2cccc(Cl)c2F)c(Cl)c1. The van der Waals surface area contributed by atoms with Gasteiger partial charge < -0.3 is 9.84 Å². The number of carbonyl (C=O) groups is 1. The molecule has 0 saturated carbocycles. The van der Waals surface area contributed by atoms with E-state index in [0.29, 0.717) is 0 Å². The van der Waals surface area contributed by atoms with Crippen molar-refractivity contribution in [3.8, 4) is 11.5 Å². The van der Waals surface area contributed by atoms with Crippen molar-refractivity contribution in [2.75, 3.05) is 0 Å². The predicted octanol–water partition coefficient (Wildman–Crippen LogP) is 4.62. The summed E-state index contributed by atoms with van der Waals surface area (Å²) < 4.78 is 18.9. The van der Waals surface area contributed by atoms with E-state index in [1.54, 1.807) is 0 Å². The number of rotatable bonds is 3.